The van der Waals surface area contributed by atoms with E-state index >= 15 is 0 Å². The van der Waals surface area contributed by atoms with Crippen molar-refractivity contribution in [2.75, 3.05) is 18.8 Å². The fourth-order valence-corrected chi connectivity index (χ4v) is 4.97. The predicted molar refractivity (Wildman–Crippen MR) is 115 cm³/mol. The van der Waals surface area contributed by atoms with Crippen LogP contribution in [0.3, 0.4) is 0 Å². The Hall–Kier alpha value is -2.53. The van der Waals surface area contributed by atoms with Gasteiger partial charge in [0, 0.05) is 22.5 Å². The molecule has 0 atom stereocenters. The first-order chi connectivity index (χ1) is 14.4. The van der Waals surface area contributed by atoms with E-state index in [0.29, 0.717) is 31.8 Å². The fourth-order valence-electron chi connectivity index (χ4n) is 3.58. The first-order valence-corrected chi connectivity index (χ1v) is 11.2. The number of nitrogen functional groups attached to an aromatic ring is 1. The number of nitrogens with two attached hydrogens (primary N) is 1. The second-order valence-electron chi connectivity index (χ2n) is 7.31. The lowest BCUT2D eigenvalue weighted by molar-refractivity contribution is -0.677. The number of aromatic nitrogens is 4. The Kier molecular flexibility index (Phi) is 6.00. The molecule has 9 nitrogen and oxygen atoms in total. The number of benzene rings is 1. The molecular formula is C19H22BrN6O3S+. The number of piperidine rings is 1. The van der Waals surface area contributed by atoms with E-state index < -0.39 is 0 Å². The maximum absolute atomic E-state index is 10.9. The largest absolute Gasteiger partial charge is 0.504 e. The van der Waals surface area contributed by atoms with E-state index in [9.17, 15) is 15.0 Å². The van der Waals surface area contributed by atoms with Gasteiger partial charge in [0.1, 0.15) is 0 Å². The average Bonchev–Trinajstić information content (AvgIpc) is 3.17. The normalized spacial score (nSPS) is 15.0. The molecule has 30 heavy (non-hydrogen) atoms. The summed E-state index contributed by atoms with van der Waals surface area (Å²) in [5.74, 6) is 0.535. The summed E-state index contributed by atoms with van der Waals surface area (Å²) in [5, 5.41) is 20.0. The lowest BCUT2D eigenvalue weighted by atomic mass is 9.94. The minimum Gasteiger partial charge on any atom is -0.504 e. The van der Waals surface area contributed by atoms with Crippen LogP contribution in [0.2, 0.25) is 0 Å². The number of likely N-dealkylation sites (tertiary alicyclic amines) is 1. The van der Waals surface area contributed by atoms with Crippen LogP contribution in [0, 0.1) is 5.92 Å². The molecule has 158 valence electrons. The Bertz CT molecular complexity index is 1080. The molecule has 0 radical (unpaired) electrons. The van der Waals surface area contributed by atoms with Crippen LogP contribution in [0.1, 0.15) is 19.3 Å². The zero-order valence-electron chi connectivity index (χ0n) is 16.1. The van der Waals surface area contributed by atoms with E-state index in [2.05, 4.69) is 30.9 Å². The average molecular weight is 494 g/mol. The summed E-state index contributed by atoms with van der Waals surface area (Å²) in [6.45, 7) is 2.38. The lowest BCUT2D eigenvalue weighted by Gasteiger charge is -2.28. The zero-order chi connectivity index (χ0) is 21.3. The quantitative estimate of drug-likeness (QED) is 0.235. The number of phenolic OH excluding ortho intramolecular Hbond substituents is 2. The molecule has 5 N–H and O–H groups in total. The van der Waals surface area contributed by atoms with Crippen molar-refractivity contribution in [1.29, 1.82) is 0 Å². The van der Waals surface area contributed by atoms with Gasteiger partial charge in [-0.3, -0.25) is 4.79 Å². The number of hydrogen-bond acceptors (Lipinski definition) is 7. The molecule has 1 fully saturated rings. The number of fused-ring (bicyclic) bond motifs is 1. The van der Waals surface area contributed by atoms with Crippen molar-refractivity contribution < 1.29 is 19.6 Å². The third-order valence-electron chi connectivity index (χ3n) is 5.34. The van der Waals surface area contributed by atoms with Crippen molar-refractivity contribution in [2.45, 2.75) is 35.9 Å². The van der Waals surface area contributed by atoms with Crippen LogP contribution in [-0.2, 0) is 11.3 Å². The Balaban J connectivity index is 1.53. The second kappa shape index (κ2) is 8.68. The number of aryl methyl sites for hydroxylation is 1. The highest BCUT2D eigenvalue weighted by atomic mass is 79.9. The van der Waals surface area contributed by atoms with Crippen LogP contribution in [0.25, 0.3) is 11.2 Å². The van der Waals surface area contributed by atoms with Crippen LogP contribution in [-0.4, -0.2) is 49.6 Å². The molecule has 11 heteroatoms. The summed E-state index contributed by atoms with van der Waals surface area (Å²) in [6, 6.07) is 2.91. The molecule has 1 aliphatic rings. The molecular weight excluding hydrogens is 472 g/mol. The number of carbonyl (C=O) groups is 1. The number of hydrogen-bond donors (Lipinski definition) is 4. The molecule has 0 bridgehead atoms. The number of nitrogens with one attached hydrogen (secondary N) is 1. The van der Waals surface area contributed by atoms with Gasteiger partial charge in [-0.2, -0.15) is 0 Å². The first-order valence-electron chi connectivity index (χ1n) is 9.57. The Labute approximate surface area is 185 Å². The molecule has 1 aliphatic heterocycles. The van der Waals surface area contributed by atoms with Crippen molar-refractivity contribution in [1.82, 2.24) is 19.9 Å². The summed E-state index contributed by atoms with van der Waals surface area (Å²) in [5.41, 5.74) is 7.43. The topological polar surface area (TPSA) is 132 Å². The Morgan fingerprint density at radius 3 is 2.80 bits per heavy atom. The molecule has 4 rings (SSSR count). The monoisotopic (exact) mass is 493 g/mol. The van der Waals surface area contributed by atoms with Gasteiger partial charge in [0.15, 0.2) is 17.0 Å². The standard InChI is InChI=1S/C19H21BrN6O3S/c20-12-7-13(28)14(29)8-15(12)30-19-23-16-17(21)22-9-26(18(16)24-19)6-3-11-1-4-25(10-27)5-2-11/h7-11H,1-6H2,(H4,21,23,24,28,29)/p+1. The van der Waals surface area contributed by atoms with Gasteiger partial charge in [-0.15, -0.1) is 0 Å². The summed E-state index contributed by atoms with van der Waals surface area (Å²) in [6.07, 6.45) is 5.61. The van der Waals surface area contributed by atoms with E-state index in [1.807, 2.05) is 9.47 Å². The number of aromatic hydroxyl groups is 2. The van der Waals surface area contributed by atoms with E-state index in [-0.39, 0.29) is 11.5 Å². The Morgan fingerprint density at radius 2 is 2.07 bits per heavy atom. The predicted octanol–water partition coefficient (Wildman–Crippen LogP) is 2.41. The van der Waals surface area contributed by atoms with E-state index in [4.69, 9.17) is 5.73 Å². The smallest absolute Gasteiger partial charge is 0.294 e. The van der Waals surface area contributed by atoms with Crippen LogP contribution < -0.4 is 10.3 Å². The number of amides is 1. The van der Waals surface area contributed by atoms with E-state index in [1.54, 1.807) is 6.33 Å². The van der Waals surface area contributed by atoms with Crippen molar-refractivity contribution >= 4 is 51.1 Å². The number of nitrogens with zero attached hydrogens (tertiary/aromatic N) is 4. The molecule has 3 aromatic rings. The van der Waals surface area contributed by atoms with Crippen LogP contribution in [0.5, 0.6) is 11.5 Å². The van der Waals surface area contributed by atoms with E-state index in [0.717, 1.165) is 51.0 Å². The number of aromatic amines is 1. The molecule has 0 aliphatic carbocycles. The number of carbonyl (C=O) groups excluding carboxylic acids is 1. The summed E-state index contributed by atoms with van der Waals surface area (Å²) < 4.78 is 2.63. The van der Waals surface area contributed by atoms with Gasteiger partial charge < -0.3 is 25.8 Å². The minimum absolute atomic E-state index is 0.193. The van der Waals surface area contributed by atoms with Gasteiger partial charge in [0.25, 0.3) is 5.65 Å². The maximum Gasteiger partial charge on any atom is 0.294 e. The number of phenols is 2. The number of imidazole rings is 1. The van der Waals surface area contributed by atoms with Crippen molar-refractivity contribution in [3.63, 3.8) is 0 Å². The van der Waals surface area contributed by atoms with Crippen molar-refractivity contribution in [3.8, 4) is 11.5 Å². The van der Waals surface area contributed by atoms with Crippen LogP contribution in [0.4, 0.5) is 5.82 Å². The maximum atomic E-state index is 10.9. The van der Waals surface area contributed by atoms with Crippen molar-refractivity contribution in [2.24, 2.45) is 5.92 Å². The van der Waals surface area contributed by atoms with Gasteiger partial charge >= 0.3 is 0 Å². The zero-order valence-corrected chi connectivity index (χ0v) is 18.5. The SMILES string of the molecule is Nc1nc[n+](CCC2CCN(C=O)CC2)c2nc(Sc3cc(O)c(O)cc3Br)[nH]c12. The number of rotatable bonds is 6. The van der Waals surface area contributed by atoms with Gasteiger partial charge in [-0.05, 0) is 65.0 Å². The van der Waals surface area contributed by atoms with Gasteiger partial charge in [0.05, 0.1) is 6.54 Å². The summed E-state index contributed by atoms with van der Waals surface area (Å²) in [7, 11) is 0. The molecule has 0 saturated carbocycles. The van der Waals surface area contributed by atoms with Gasteiger partial charge in [-0.25, -0.2) is 4.57 Å². The Morgan fingerprint density at radius 1 is 1.33 bits per heavy atom. The molecule has 0 spiro atoms. The third-order valence-corrected chi connectivity index (χ3v) is 7.20. The van der Waals surface area contributed by atoms with E-state index in [1.165, 1.54) is 23.9 Å². The molecule has 1 amide bonds. The molecule has 3 heterocycles. The molecule has 1 aromatic carbocycles. The fraction of sp³-hybridized carbons (Fsp3) is 0.368. The highest BCUT2D eigenvalue weighted by Gasteiger charge is 2.22. The molecule has 1 saturated heterocycles. The number of halogens is 1. The number of H-pyrrole nitrogens is 1. The summed E-state index contributed by atoms with van der Waals surface area (Å²) >= 11 is 4.70. The van der Waals surface area contributed by atoms with Gasteiger partial charge in [-0.1, -0.05) is 9.97 Å². The third kappa shape index (κ3) is 4.31. The second-order valence-corrected chi connectivity index (χ2v) is 9.20. The van der Waals surface area contributed by atoms with Crippen LogP contribution in [0.15, 0.2) is 33.0 Å². The lowest BCUT2D eigenvalue weighted by Crippen LogP contribution is -2.38. The molecule has 0 unspecified atom stereocenters. The van der Waals surface area contributed by atoms with Gasteiger partial charge in [0.2, 0.25) is 23.7 Å². The highest BCUT2D eigenvalue weighted by Crippen LogP contribution is 2.39. The molecule has 2 aromatic heterocycles. The van der Waals surface area contributed by atoms with Crippen molar-refractivity contribution in [3.05, 3.63) is 22.9 Å². The summed E-state index contributed by atoms with van der Waals surface area (Å²) in [4.78, 5) is 25.6. The first kappa shape index (κ1) is 20.7. The van der Waals surface area contributed by atoms with Crippen LogP contribution >= 0.6 is 27.7 Å². The minimum atomic E-state index is -0.200. The highest BCUT2D eigenvalue weighted by molar-refractivity contribution is 9.10. The number of anilines is 1.